The highest BCUT2D eigenvalue weighted by Gasteiger charge is 2.34. The Morgan fingerprint density at radius 1 is 1.16 bits per heavy atom. The first kappa shape index (κ1) is 29.8. The van der Waals surface area contributed by atoms with E-state index >= 15 is 0 Å². The standard InChI is InChI=1S/C22H30F3N5O6S2/c1-4-12-37(32,33)15-6-5-10-30(11-9-15)38(34,35)29-20(31)17-13-36-21(26-17)28-19-16(14(2)3)7-8-18(27-19)22(23,24)25/h7-8,13-15H,4-6,9-12H2,1-3H3,(H,29,31)(H,26,27,28). The molecule has 2 aromatic rings. The molecule has 2 N–H and O–H groups in total. The third-order valence-electron chi connectivity index (χ3n) is 5.99. The quantitative estimate of drug-likeness (QED) is 0.452. The maximum Gasteiger partial charge on any atom is 0.433 e. The fourth-order valence-corrected chi connectivity index (χ4v) is 7.13. The summed E-state index contributed by atoms with van der Waals surface area (Å²) in [7, 11) is -7.67. The lowest BCUT2D eigenvalue weighted by molar-refractivity contribution is -0.141. The van der Waals surface area contributed by atoms with Gasteiger partial charge in [0.15, 0.2) is 15.5 Å². The molecule has 38 heavy (non-hydrogen) atoms. The smallest absolute Gasteiger partial charge is 0.431 e. The predicted molar refractivity (Wildman–Crippen MR) is 133 cm³/mol. The zero-order valence-corrected chi connectivity index (χ0v) is 22.7. The van der Waals surface area contributed by atoms with E-state index in [0.29, 0.717) is 24.8 Å². The Morgan fingerprint density at radius 2 is 1.87 bits per heavy atom. The summed E-state index contributed by atoms with van der Waals surface area (Å²) in [4.78, 5) is 20.0. The molecule has 1 aliphatic heterocycles. The normalized spacial score (nSPS) is 17.8. The molecular weight excluding hydrogens is 551 g/mol. The molecule has 212 valence electrons. The second-order valence-corrected chi connectivity index (χ2v) is 13.3. The number of oxazole rings is 1. The number of hydrogen-bond acceptors (Lipinski definition) is 9. The predicted octanol–water partition coefficient (Wildman–Crippen LogP) is 3.61. The van der Waals surface area contributed by atoms with Gasteiger partial charge in [-0.15, -0.1) is 0 Å². The van der Waals surface area contributed by atoms with Crippen molar-refractivity contribution in [2.45, 2.75) is 63.8 Å². The number of pyridine rings is 1. The van der Waals surface area contributed by atoms with Gasteiger partial charge >= 0.3 is 22.4 Å². The lowest BCUT2D eigenvalue weighted by Crippen LogP contribution is -2.44. The Hall–Kier alpha value is -2.72. The van der Waals surface area contributed by atoms with E-state index in [1.807, 2.05) is 4.72 Å². The van der Waals surface area contributed by atoms with Crippen molar-refractivity contribution in [2.24, 2.45) is 0 Å². The van der Waals surface area contributed by atoms with Gasteiger partial charge in [-0.05, 0) is 43.2 Å². The van der Waals surface area contributed by atoms with Crippen LogP contribution in [0.4, 0.5) is 25.0 Å². The molecule has 1 saturated heterocycles. The number of sulfone groups is 1. The number of carbonyl (C=O) groups excluding carboxylic acids is 1. The molecule has 2 aromatic heterocycles. The zero-order valence-electron chi connectivity index (χ0n) is 21.1. The number of halogens is 3. The van der Waals surface area contributed by atoms with Gasteiger partial charge < -0.3 is 4.42 Å². The molecule has 0 aliphatic carbocycles. The highest BCUT2D eigenvalue weighted by Crippen LogP contribution is 2.32. The topological polar surface area (TPSA) is 152 Å². The fraction of sp³-hybridized carbons (Fsp3) is 0.591. The van der Waals surface area contributed by atoms with Crippen molar-refractivity contribution in [3.63, 3.8) is 0 Å². The van der Waals surface area contributed by atoms with Crippen molar-refractivity contribution in [1.29, 1.82) is 0 Å². The second-order valence-electron chi connectivity index (χ2n) is 9.20. The first-order valence-electron chi connectivity index (χ1n) is 12.0. The maximum absolute atomic E-state index is 13.1. The van der Waals surface area contributed by atoms with Crippen molar-refractivity contribution < 1.29 is 39.2 Å². The molecule has 0 aromatic carbocycles. The minimum Gasteiger partial charge on any atom is -0.431 e. The first-order valence-corrected chi connectivity index (χ1v) is 15.1. The Kier molecular flexibility index (Phi) is 9.08. The van der Waals surface area contributed by atoms with Crippen molar-refractivity contribution >= 4 is 37.8 Å². The minimum atomic E-state index is -4.69. The van der Waals surface area contributed by atoms with Crippen LogP contribution in [0.15, 0.2) is 22.8 Å². The molecule has 1 unspecified atom stereocenters. The van der Waals surface area contributed by atoms with Crippen LogP contribution in [0.2, 0.25) is 0 Å². The van der Waals surface area contributed by atoms with E-state index in [1.165, 1.54) is 6.07 Å². The largest absolute Gasteiger partial charge is 0.433 e. The van der Waals surface area contributed by atoms with Crippen molar-refractivity contribution in [1.82, 2.24) is 19.0 Å². The van der Waals surface area contributed by atoms with Gasteiger partial charge in [0, 0.05) is 13.1 Å². The summed E-state index contributed by atoms with van der Waals surface area (Å²) >= 11 is 0. The molecule has 3 rings (SSSR count). The number of nitrogens with one attached hydrogen (secondary N) is 2. The molecule has 0 spiro atoms. The van der Waals surface area contributed by atoms with Crippen LogP contribution >= 0.6 is 0 Å². The fourth-order valence-electron chi connectivity index (χ4n) is 4.05. The lowest BCUT2D eigenvalue weighted by Gasteiger charge is -2.20. The van der Waals surface area contributed by atoms with E-state index in [0.717, 1.165) is 16.6 Å². The molecule has 0 radical (unpaired) electrons. The van der Waals surface area contributed by atoms with Crippen LogP contribution in [-0.4, -0.2) is 61.1 Å². The molecule has 1 aliphatic rings. The summed E-state index contributed by atoms with van der Waals surface area (Å²) in [6.45, 7) is 5.20. The molecular formula is C22H30F3N5O6S2. The van der Waals surface area contributed by atoms with Crippen molar-refractivity contribution in [3.05, 3.63) is 35.3 Å². The first-order chi connectivity index (χ1) is 17.6. The van der Waals surface area contributed by atoms with Gasteiger partial charge in [-0.1, -0.05) is 26.8 Å². The summed E-state index contributed by atoms with van der Waals surface area (Å²) in [5.41, 5.74) is -1.14. The maximum atomic E-state index is 13.1. The molecule has 1 amide bonds. The second kappa shape index (κ2) is 11.6. The number of alkyl halides is 3. The molecule has 0 bridgehead atoms. The lowest BCUT2D eigenvalue weighted by atomic mass is 10.0. The van der Waals surface area contributed by atoms with Gasteiger partial charge in [0.2, 0.25) is 0 Å². The number of carbonyl (C=O) groups is 1. The van der Waals surface area contributed by atoms with E-state index in [2.05, 4.69) is 15.3 Å². The van der Waals surface area contributed by atoms with Gasteiger partial charge in [0.05, 0.1) is 11.0 Å². The Labute approximate surface area is 219 Å². The van der Waals surface area contributed by atoms with Gasteiger partial charge in [0.1, 0.15) is 17.8 Å². The van der Waals surface area contributed by atoms with Gasteiger partial charge in [-0.25, -0.2) is 18.1 Å². The number of rotatable bonds is 9. The van der Waals surface area contributed by atoms with Crippen LogP contribution < -0.4 is 10.0 Å². The van der Waals surface area contributed by atoms with Crippen LogP contribution in [0, 0.1) is 0 Å². The van der Waals surface area contributed by atoms with Crippen LogP contribution in [0.1, 0.15) is 74.1 Å². The summed E-state index contributed by atoms with van der Waals surface area (Å²) in [5, 5.41) is 1.87. The average molecular weight is 582 g/mol. The molecule has 1 atom stereocenters. The number of aromatic nitrogens is 2. The minimum absolute atomic E-state index is 0.0262. The zero-order chi connectivity index (χ0) is 28.3. The molecule has 3 heterocycles. The van der Waals surface area contributed by atoms with E-state index in [-0.39, 0.29) is 43.0 Å². The molecule has 0 saturated carbocycles. The summed E-state index contributed by atoms with van der Waals surface area (Å²) in [6.07, 6.45) is -2.63. The Morgan fingerprint density at radius 3 is 2.50 bits per heavy atom. The van der Waals surface area contributed by atoms with Crippen molar-refractivity contribution in [3.8, 4) is 0 Å². The highest BCUT2D eigenvalue weighted by atomic mass is 32.2. The summed E-state index contributed by atoms with van der Waals surface area (Å²) < 4.78 is 97.8. The Balaban J connectivity index is 1.71. The van der Waals surface area contributed by atoms with Gasteiger partial charge in [-0.3, -0.25) is 10.1 Å². The van der Waals surface area contributed by atoms with Gasteiger partial charge in [-0.2, -0.15) is 30.9 Å². The van der Waals surface area contributed by atoms with E-state index in [1.54, 1.807) is 20.8 Å². The third kappa shape index (κ3) is 7.22. The molecule has 16 heteroatoms. The van der Waals surface area contributed by atoms with Gasteiger partial charge in [0.25, 0.3) is 5.91 Å². The summed E-state index contributed by atoms with van der Waals surface area (Å²) in [5.74, 6) is -1.48. The number of hydrogen-bond donors (Lipinski definition) is 2. The number of anilines is 2. The Bertz CT molecular complexity index is 1360. The van der Waals surface area contributed by atoms with E-state index < -0.39 is 48.8 Å². The number of amides is 1. The monoisotopic (exact) mass is 581 g/mol. The highest BCUT2D eigenvalue weighted by molar-refractivity contribution is 7.92. The van der Waals surface area contributed by atoms with Crippen molar-refractivity contribution in [2.75, 3.05) is 24.2 Å². The van der Waals surface area contributed by atoms with Crippen LogP contribution in [0.5, 0.6) is 0 Å². The number of nitrogens with zero attached hydrogens (tertiary/aromatic N) is 3. The molecule has 1 fully saturated rings. The molecule has 11 nitrogen and oxygen atoms in total. The van der Waals surface area contributed by atoms with Crippen LogP contribution in [-0.2, 0) is 26.2 Å². The van der Waals surface area contributed by atoms with E-state index in [9.17, 15) is 34.8 Å². The SMILES string of the molecule is CCCS(=O)(=O)C1CCCN(S(=O)(=O)NC(=O)c2coc(Nc3nc(C(F)(F)F)ccc3C(C)C)n2)CC1. The van der Waals surface area contributed by atoms with Crippen LogP contribution in [0.25, 0.3) is 0 Å². The van der Waals surface area contributed by atoms with Crippen LogP contribution in [0.3, 0.4) is 0 Å². The summed E-state index contributed by atoms with van der Waals surface area (Å²) in [6, 6.07) is 1.76. The average Bonchev–Trinajstić information content (AvgIpc) is 3.11. The third-order valence-corrected chi connectivity index (χ3v) is 9.95. The van der Waals surface area contributed by atoms with E-state index in [4.69, 9.17) is 4.42 Å².